The molecule has 0 bridgehead atoms. The van der Waals surface area contributed by atoms with Crippen LogP contribution in [-0.2, 0) is 0 Å². The smallest absolute Gasteiger partial charge is 0.278 e. The van der Waals surface area contributed by atoms with Crippen molar-refractivity contribution in [2.75, 3.05) is 0 Å². The van der Waals surface area contributed by atoms with E-state index in [4.69, 9.17) is 10.7 Å². The fourth-order valence-electron chi connectivity index (χ4n) is 2.01. The zero-order valence-corrected chi connectivity index (χ0v) is 12.0. The number of hydrogen-bond acceptors (Lipinski definition) is 4. The van der Waals surface area contributed by atoms with Crippen LogP contribution in [0.5, 0.6) is 0 Å². The molecule has 0 saturated heterocycles. The zero-order chi connectivity index (χ0) is 16.7. The third-order valence-electron chi connectivity index (χ3n) is 3.06. The number of rotatable bonds is 4. The maximum Gasteiger partial charge on any atom is 0.278 e. The quantitative estimate of drug-likeness (QED) is 0.234. The standard InChI is InChI=1S/C18H11N4O/c19-11-15(12-20)16(13-21)17(22-9-5-2-6-10-22)18(23)14-7-3-1-4-8-14/h1-10,19H/q+1/b17-16+. The molecule has 1 aromatic heterocycles. The number of carbonyl (C=O) groups is 1. The fourth-order valence-corrected chi connectivity index (χ4v) is 2.01. The maximum absolute atomic E-state index is 12.8. The summed E-state index contributed by atoms with van der Waals surface area (Å²) >= 11 is 0. The number of carbonyl (C=O) groups excluding carboxylic acids is 1. The van der Waals surface area contributed by atoms with E-state index in [0.717, 1.165) is 0 Å². The average molecular weight is 299 g/mol. The Morgan fingerprint density at radius 1 is 0.957 bits per heavy atom. The predicted octanol–water partition coefficient (Wildman–Crippen LogP) is 2.29. The third kappa shape index (κ3) is 3.28. The van der Waals surface area contributed by atoms with Gasteiger partial charge in [-0.1, -0.05) is 36.4 Å². The van der Waals surface area contributed by atoms with Crippen molar-refractivity contribution in [1.82, 2.24) is 0 Å². The second-order valence-electron chi connectivity index (χ2n) is 4.43. The number of nitrogens with one attached hydrogen (secondary N) is 1. The van der Waals surface area contributed by atoms with Crippen LogP contribution >= 0.6 is 0 Å². The summed E-state index contributed by atoms with van der Waals surface area (Å²) in [5.41, 5.74) is -0.0832. The maximum atomic E-state index is 12.8. The first-order valence-corrected chi connectivity index (χ1v) is 6.64. The molecule has 2 rings (SSSR count). The van der Waals surface area contributed by atoms with E-state index >= 15 is 0 Å². The first kappa shape index (κ1) is 15.6. The van der Waals surface area contributed by atoms with Gasteiger partial charge in [-0.25, -0.2) is 0 Å². The highest BCUT2D eigenvalue weighted by molar-refractivity contribution is 6.23. The highest BCUT2D eigenvalue weighted by Crippen LogP contribution is 2.17. The summed E-state index contributed by atoms with van der Waals surface area (Å²) in [6, 6.07) is 17.2. The summed E-state index contributed by atoms with van der Waals surface area (Å²) in [6.45, 7) is 0. The van der Waals surface area contributed by atoms with Gasteiger partial charge in [-0.05, 0) is 5.87 Å². The largest absolute Gasteiger partial charge is 0.282 e. The molecule has 2 aromatic rings. The first-order chi connectivity index (χ1) is 11.2. The Morgan fingerprint density at radius 3 is 2.09 bits per heavy atom. The van der Waals surface area contributed by atoms with Gasteiger partial charge in [0.15, 0.2) is 18.0 Å². The van der Waals surface area contributed by atoms with E-state index in [2.05, 4.69) is 0 Å². The highest BCUT2D eigenvalue weighted by atomic mass is 16.1. The van der Waals surface area contributed by atoms with Crippen LogP contribution in [0.2, 0.25) is 0 Å². The summed E-state index contributed by atoms with van der Waals surface area (Å²) < 4.78 is 1.46. The van der Waals surface area contributed by atoms with Gasteiger partial charge in [0.2, 0.25) is 0 Å². The highest BCUT2D eigenvalue weighted by Gasteiger charge is 2.29. The Bertz CT molecular complexity index is 894. The lowest BCUT2D eigenvalue weighted by Gasteiger charge is -2.03. The van der Waals surface area contributed by atoms with Crippen molar-refractivity contribution in [3.63, 3.8) is 0 Å². The number of ketones is 1. The molecule has 0 aliphatic rings. The summed E-state index contributed by atoms with van der Waals surface area (Å²) in [5, 5.41) is 25.7. The number of pyridine rings is 1. The Hall–Kier alpha value is -3.79. The van der Waals surface area contributed by atoms with Gasteiger partial charge >= 0.3 is 0 Å². The second kappa shape index (κ2) is 7.28. The van der Waals surface area contributed by atoms with Gasteiger partial charge in [0.25, 0.3) is 11.5 Å². The molecule has 108 valence electrons. The predicted molar refractivity (Wildman–Crippen MR) is 83.1 cm³/mol. The molecule has 23 heavy (non-hydrogen) atoms. The first-order valence-electron chi connectivity index (χ1n) is 6.64. The monoisotopic (exact) mass is 299 g/mol. The lowest BCUT2D eigenvalue weighted by atomic mass is 10.0. The van der Waals surface area contributed by atoms with Gasteiger partial charge in [-0.2, -0.15) is 15.1 Å². The molecular weight excluding hydrogens is 288 g/mol. The molecule has 0 atom stereocenters. The summed E-state index contributed by atoms with van der Waals surface area (Å²) in [6.07, 6.45) is 3.21. The van der Waals surface area contributed by atoms with E-state index in [9.17, 15) is 10.1 Å². The minimum atomic E-state index is -0.415. The number of aromatic nitrogens is 1. The van der Waals surface area contributed by atoms with Crippen LogP contribution < -0.4 is 4.57 Å². The van der Waals surface area contributed by atoms with Crippen LogP contribution in [0.4, 0.5) is 0 Å². The number of Topliss-reactive ketones (excluding diaryl/α,β-unsaturated/α-hetero) is 1. The van der Waals surface area contributed by atoms with Gasteiger partial charge in [-0.3, -0.25) is 10.2 Å². The summed E-state index contributed by atoms with van der Waals surface area (Å²) in [7, 11) is 0. The van der Waals surface area contributed by atoms with E-state index in [1.165, 1.54) is 4.57 Å². The molecule has 0 saturated carbocycles. The van der Waals surface area contributed by atoms with Crippen molar-refractivity contribution in [2.24, 2.45) is 0 Å². The molecular formula is C18H11N4O+. The van der Waals surface area contributed by atoms with Crippen LogP contribution in [0, 0.1) is 28.1 Å². The topological polar surface area (TPSA) is 92.4 Å². The molecule has 0 amide bonds. The van der Waals surface area contributed by atoms with Crippen LogP contribution in [0.3, 0.4) is 0 Å². The molecule has 5 heteroatoms. The van der Waals surface area contributed by atoms with Crippen molar-refractivity contribution in [1.29, 1.82) is 15.9 Å². The molecule has 1 aromatic carbocycles. The van der Waals surface area contributed by atoms with Crippen molar-refractivity contribution in [3.05, 3.63) is 77.6 Å². The normalized spacial score (nSPS) is 10.5. The van der Waals surface area contributed by atoms with Crippen molar-refractivity contribution in [3.8, 4) is 12.1 Å². The lowest BCUT2D eigenvalue weighted by molar-refractivity contribution is -0.577. The number of nitriles is 2. The average Bonchev–Trinajstić information content (AvgIpc) is 2.63. The Labute approximate surface area is 133 Å². The van der Waals surface area contributed by atoms with Gasteiger partial charge in [0.05, 0.1) is 0 Å². The molecule has 0 aliphatic carbocycles. The van der Waals surface area contributed by atoms with Crippen LogP contribution in [-0.4, -0.2) is 11.7 Å². The van der Waals surface area contributed by atoms with Gasteiger partial charge in [-0.15, -0.1) is 0 Å². The number of allylic oxidation sites excluding steroid dienone is 3. The summed E-state index contributed by atoms with van der Waals surface area (Å²) in [5.74, 6) is 1.50. The molecule has 1 heterocycles. The van der Waals surface area contributed by atoms with Crippen molar-refractivity contribution < 1.29 is 9.36 Å². The molecule has 0 spiro atoms. The van der Waals surface area contributed by atoms with Crippen molar-refractivity contribution in [2.45, 2.75) is 0 Å². The minimum absolute atomic E-state index is 0.00981. The molecule has 1 N–H and O–H groups in total. The fraction of sp³-hybridized carbons (Fsp3) is 0. The number of benzene rings is 1. The van der Waals surface area contributed by atoms with Gasteiger partial charge < -0.3 is 0 Å². The zero-order valence-electron chi connectivity index (χ0n) is 12.0. The third-order valence-corrected chi connectivity index (χ3v) is 3.06. The molecule has 0 fully saturated rings. The van der Waals surface area contributed by atoms with E-state index in [1.54, 1.807) is 67.0 Å². The Balaban J connectivity index is 2.77. The van der Waals surface area contributed by atoms with Crippen LogP contribution in [0.25, 0.3) is 5.70 Å². The lowest BCUT2D eigenvalue weighted by Crippen LogP contribution is -2.37. The van der Waals surface area contributed by atoms with E-state index in [1.807, 2.05) is 11.9 Å². The number of nitrogens with zero attached hydrogens (tertiary/aromatic N) is 3. The Kier molecular flexibility index (Phi) is 4.94. The van der Waals surface area contributed by atoms with Gasteiger partial charge in [0, 0.05) is 17.7 Å². The summed E-state index contributed by atoms with van der Waals surface area (Å²) in [4.78, 5) is 12.8. The van der Waals surface area contributed by atoms with Crippen molar-refractivity contribution >= 4 is 17.4 Å². The second-order valence-corrected chi connectivity index (χ2v) is 4.43. The van der Waals surface area contributed by atoms with Crippen LogP contribution in [0.15, 0.2) is 72.1 Å². The molecule has 0 unspecified atom stereocenters. The van der Waals surface area contributed by atoms with Crippen LogP contribution in [0.1, 0.15) is 10.4 Å². The molecule has 0 aliphatic heterocycles. The van der Waals surface area contributed by atoms with E-state index in [-0.39, 0.29) is 16.8 Å². The number of hydrogen-bond donors (Lipinski definition) is 1. The van der Waals surface area contributed by atoms with Gasteiger partial charge in [0.1, 0.15) is 17.7 Å². The van der Waals surface area contributed by atoms with E-state index < -0.39 is 5.78 Å². The van der Waals surface area contributed by atoms with E-state index in [0.29, 0.717) is 5.56 Å². The Morgan fingerprint density at radius 2 is 1.57 bits per heavy atom. The minimum Gasteiger partial charge on any atom is -0.282 e. The SMILES string of the molecule is N#CC(=C=N)/C(C#N)=C(\C(=O)c1ccccc1)[n+]1ccccc1. The molecule has 0 radical (unpaired) electrons. The molecule has 5 nitrogen and oxygen atoms in total.